The van der Waals surface area contributed by atoms with Crippen molar-refractivity contribution in [3.63, 3.8) is 0 Å². The van der Waals surface area contributed by atoms with Crippen LogP contribution in [0.15, 0.2) is 54.6 Å². The molecule has 2 saturated heterocycles. The molecule has 1 atom stereocenters. The molecule has 27 heavy (non-hydrogen) atoms. The van der Waals surface area contributed by atoms with Crippen LogP contribution in [0.25, 0.3) is 0 Å². The van der Waals surface area contributed by atoms with Gasteiger partial charge in [-0.2, -0.15) is 0 Å². The number of hydrogen-bond donors (Lipinski definition) is 1. The van der Waals surface area contributed by atoms with E-state index in [-0.39, 0.29) is 5.91 Å². The van der Waals surface area contributed by atoms with Gasteiger partial charge in [-0.15, -0.1) is 0 Å². The number of nitrogens with one attached hydrogen (secondary N) is 1. The van der Waals surface area contributed by atoms with E-state index in [1.54, 1.807) is 0 Å². The summed E-state index contributed by atoms with van der Waals surface area (Å²) in [5.41, 5.74) is 0.0699. The first-order valence-electron chi connectivity index (χ1n) is 9.29. The van der Waals surface area contributed by atoms with Crippen molar-refractivity contribution in [1.29, 1.82) is 0 Å². The maximum atomic E-state index is 13.3. The van der Waals surface area contributed by atoms with E-state index in [9.17, 15) is 4.79 Å². The van der Waals surface area contributed by atoms with Gasteiger partial charge >= 0.3 is 0 Å². The molecule has 1 amide bonds. The molecular weight excluding hydrogens is 344 g/mol. The molecule has 0 aliphatic carbocycles. The number of carbonyl (C=O) groups excluding carboxylic acids is 1. The van der Waals surface area contributed by atoms with Gasteiger partial charge in [-0.3, -0.25) is 4.79 Å². The lowest BCUT2D eigenvalue weighted by atomic mass is 10.0. The van der Waals surface area contributed by atoms with Gasteiger partial charge in [0.2, 0.25) is 0 Å². The minimum atomic E-state index is -0.486. The second-order valence-electron chi connectivity index (χ2n) is 6.90. The highest BCUT2D eigenvalue weighted by Crippen LogP contribution is 2.28. The smallest absolute Gasteiger partial charge is 0.257 e. The van der Waals surface area contributed by atoms with Gasteiger partial charge in [0.15, 0.2) is 0 Å². The second-order valence-corrected chi connectivity index (χ2v) is 6.90. The molecule has 2 aromatic rings. The maximum Gasteiger partial charge on any atom is 0.257 e. The highest BCUT2D eigenvalue weighted by atomic mass is 16.5. The SMILES string of the molecule is O=C(c1ccccc1Oc1ccccc1)N1CCO[C@]2(CNCCOC2)C1. The Kier molecular flexibility index (Phi) is 5.38. The number of hydrogen-bond acceptors (Lipinski definition) is 5. The van der Waals surface area contributed by atoms with Crippen LogP contribution in [0.4, 0.5) is 0 Å². The van der Waals surface area contributed by atoms with E-state index in [0.29, 0.717) is 56.5 Å². The summed E-state index contributed by atoms with van der Waals surface area (Å²) in [6.45, 7) is 4.18. The molecule has 0 radical (unpaired) electrons. The number of ether oxygens (including phenoxy) is 3. The fourth-order valence-electron chi connectivity index (χ4n) is 3.50. The summed E-state index contributed by atoms with van der Waals surface area (Å²) in [5, 5.41) is 3.34. The molecule has 0 saturated carbocycles. The van der Waals surface area contributed by atoms with Crippen LogP contribution in [0.1, 0.15) is 10.4 Å². The lowest BCUT2D eigenvalue weighted by Crippen LogP contribution is -2.59. The summed E-state index contributed by atoms with van der Waals surface area (Å²) >= 11 is 0. The Morgan fingerprint density at radius 1 is 1.07 bits per heavy atom. The molecular formula is C21H24N2O4. The zero-order valence-electron chi connectivity index (χ0n) is 15.2. The molecule has 4 rings (SSSR count). The van der Waals surface area contributed by atoms with Gasteiger partial charge < -0.3 is 24.4 Å². The summed E-state index contributed by atoms with van der Waals surface area (Å²) in [7, 11) is 0. The second kappa shape index (κ2) is 8.08. The topological polar surface area (TPSA) is 60.0 Å². The van der Waals surface area contributed by atoms with E-state index in [1.165, 1.54) is 0 Å². The first-order chi connectivity index (χ1) is 13.3. The van der Waals surface area contributed by atoms with Crippen LogP contribution >= 0.6 is 0 Å². The zero-order valence-corrected chi connectivity index (χ0v) is 15.2. The predicted octanol–water partition coefficient (Wildman–Crippen LogP) is 2.31. The van der Waals surface area contributed by atoms with Crippen molar-refractivity contribution in [1.82, 2.24) is 10.2 Å². The average molecular weight is 368 g/mol. The molecule has 6 heteroatoms. The minimum absolute atomic E-state index is 0.0477. The van der Waals surface area contributed by atoms with E-state index < -0.39 is 5.60 Å². The summed E-state index contributed by atoms with van der Waals surface area (Å²) in [4.78, 5) is 15.1. The van der Waals surface area contributed by atoms with Crippen LogP contribution in [0, 0.1) is 0 Å². The third-order valence-electron chi connectivity index (χ3n) is 4.86. The van der Waals surface area contributed by atoms with Gasteiger partial charge in [0.05, 0.1) is 31.9 Å². The molecule has 0 aromatic heterocycles. The van der Waals surface area contributed by atoms with Gasteiger partial charge in [-0.05, 0) is 24.3 Å². The van der Waals surface area contributed by atoms with Gasteiger partial charge in [-0.25, -0.2) is 0 Å². The van der Waals surface area contributed by atoms with Crippen LogP contribution in [0.5, 0.6) is 11.5 Å². The number of nitrogens with zero attached hydrogens (tertiary/aromatic N) is 1. The monoisotopic (exact) mass is 368 g/mol. The van der Waals surface area contributed by atoms with Crippen molar-refractivity contribution in [2.45, 2.75) is 5.60 Å². The van der Waals surface area contributed by atoms with Gasteiger partial charge in [0.25, 0.3) is 5.91 Å². The van der Waals surface area contributed by atoms with E-state index in [2.05, 4.69) is 5.32 Å². The molecule has 2 aliphatic heterocycles. The summed E-state index contributed by atoms with van der Waals surface area (Å²) < 4.78 is 17.7. The molecule has 0 bridgehead atoms. The van der Waals surface area contributed by atoms with Crippen molar-refractivity contribution < 1.29 is 19.0 Å². The van der Waals surface area contributed by atoms with Crippen molar-refractivity contribution in [3.05, 3.63) is 60.2 Å². The zero-order chi connectivity index (χ0) is 18.5. The quantitative estimate of drug-likeness (QED) is 0.901. The Balaban J connectivity index is 1.54. The highest BCUT2D eigenvalue weighted by Gasteiger charge is 2.40. The Labute approximate surface area is 159 Å². The van der Waals surface area contributed by atoms with Crippen molar-refractivity contribution >= 4 is 5.91 Å². The number of benzene rings is 2. The number of para-hydroxylation sites is 2. The van der Waals surface area contributed by atoms with Crippen LogP contribution in [-0.2, 0) is 9.47 Å². The number of carbonyl (C=O) groups is 1. The Morgan fingerprint density at radius 3 is 2.78 bits per heavy atom. The Morgan fingerprint density at radius 2 is 1.89 bits per heavy atom. The molecule has 6 nitrogen and oxygen atoms in total. The van der Waals surface area contributed by atoms with Crippen LogP contribution in [0.2, 0.25) is 0 Å². The lowest BCUT2D eigenvalue weighted by Gasteiger charge is -2.41. The first kappa shape index (κ1) is 18.0. The lowest BCUT2D eigenvalue weighted by molar-refractivity contribution is -0.125. The third-order valence-corrected chi connectivity index (χ3v) is 4.86. The van der Waals surface area contributed by atoms with Crippen LogP contribution in [0.3, 0.4) is 0 Å². The van der Waals surface area contributed by atoms with E-state index >= 15 is 0 Å². The van der Waals surface area contributed by atoms with Gasteiger partial charge in [-0.1, -0.05) is 30.3 Å². The minimum Gasteiger partial charge on any atom is -0.457 e. The van der Waals surface area contributed by atoms with Crippen molar-refractivity contribution in [2.24, 2.45) is 0 Å². The third kappa shape index (κ3) is 4.13. The molecule has 0 unspecified atom stereocenters. The normalized spacial score (nSPS) is 23.0. The fourth-order valence-corrected chi connectivity index (χ4v) is 3.50. The van der Waals surface area contributed by atoms with Crippen molar-refractivity contribution in [3.8, 4) is 11.5 Å². The molecule has 2 fully saturated rings. The van der Waals surface area contributed by atoms with E-state index in [1.807, 2.05) is 59.5 Å². The van der Waals surface area contributed by atoms with E-state index in [4.69, 9.17) is 14.2 Å². The average Bonchev–Trinajstić information content (AvgIpc) is 2.94. The Bertz CT molecular complexity index is 773. The summed E-state index contributed by atoms with van der Waals surface area (Å²) in [6.07, 6.45) is 0. The molecule has 1 spiro atoms. The maximum absolute atomic E-state index is 13.3. The highest BCUT2D eigenvalue weighted by molar-refractivity contribution is 5.97. The Hall–Kier alpha value is -2.41. The van der Waals surface area contributed by atoms with E-state index in [0.717, 1.165) is 6.54 Å². The fraction of sp³-hybridized carbons (Fsp3) is 0.381. The van der Waals surface area contributed by atoms with Crippen molar-refractivity contribution in [2.75, 3.05) is 46.0 Å². The molecule has 2 heterocycles. The first-order valence-corrected chi connectivity index (χ1v) is 9.29. The van der Waals surface area contributed by atoms with Crippen LogP contribution in [-0.4, -0.2) is 62.4 Å². The largest absolute Gasteiger partial charge is 0.457 e. The van der Waals surface area contributed by atoms with Gasteiger partial charge in [0, 0.05) is 19.6 Å². The number of rotatable bonds is 3. The summed E-state index contributed by atoms with van der Waals surface area (Å²) in [6, 6.07) is 16.9. The van der Waals surface area contributed by atoms with Crippen LogP contribution < -0.4 is 10.1 Å². The molecule has 142 valence electrons. The number of morpholine rings is 1. The predicted molar refractivity (Wildman–Crippen MR) is 101 cm³/mol. The summed E-state index contributed by atoms with van der Waals surface area (Å²) in [5.74, 6) is 1.22. The molecule has 1 N–H and O–H groups in total. The molecule has 2 aliphatic rings. The van der Waals surface area contributed by atoms with Gasteiger partial charge in [0.1, 0.15) is 17.1 Å². The standard InChI is InChI=1S/C21H24N2O4/c24-20(23-11-13-26-21(15-23)14-22-10-12-25-16-21)18-8-4-5-9-19(18)27-17-6-2-1-3-7-17/h1-9,22H,10-16H2/t21-/m1/s1. The number of amides is 1. The molecule has 2 aromatic carbocycles.